The van der Waals surface area contributed by atoms with Gasteiger partial charge in [0.2, 0.25) is 0 Å². The van der Waals surface area contributed by atoms with Gasteiger partial charge < -0.3 is 5.32 Å². The number of nitrogens with one attached hydrogen (secondary N) is 1. The third-order valence-electron chi connectivity index (χ3n) is 6.01. The highest BCUT2D eigenvalue weighted by Gasteiger charge is 2.08. The lowest BCUT2D eigenvalue weighted by Crippen LogP contribution is -2.25. The molecular weight excluding hydrogens is 432 g/mol. The molecule has 6 heteroatoms. The summed E-state index contributed by atoms with van der Waals surface area (Å²) in [6.07, 6.45) is 22.3. The average molecular weight is 479 g/mol. The summed E-state index contributed by atoms with van der Waals surface area (Å²) < 4.78 is 0. The number of carbonyl (C=O) groups excluding carboxylic acids is 1. The Balaban J connectivity index is 1.80. The minimum absolute atomic E-state index is 0.000841. The molecule has 0 aliphatic rings. The molecule has 0 unspecified atom stereocenters. The van der Waals surface area contributed by atoms with E-state index in [0.29, 0.717) is 12.1 Å². The Hall–Kier alpha value is -1.56. The third kappa shape index (κ3) is 16.7. The van der Waals surface area contributed by atoms with E-state index in [1.54, 1.807) is 0 Å². The first-order chi connectivity index (χ1) is 16.1. The van der Waals surface area contributed by atoms with Gasteiger partial charge in [0, 0.05) is 30.0 Å². The predicted octanol–water partition coefficient (Wildman–Crippen LogP) is 8.32. The second-order valence-electron chi connectivity index (χ2n) is 8.98. The number of nitro benzene ring substituents is 1. The zero-order chi connectivity index (χ0) is 24.0. The van der Waals surface area contributed by atoms with Gasteiger partial charge in [-0.25, -0.2) is 0 Å². The number of non-ortho nitro benzene ring substituents is 1. The first-order valence-electron chi connectivity index (χ1n) is 13.3. The molecule has 188 valence electrons. The smallest absolute Gasteiger partial charge is 0.269 e. The number of amides is 1. The molecule has 0 saturated heterocycles. The van der Waals surface area contributed by atoms with Crippen molar-refractivity contribution in [3.8, 4) is 0 Å². The number of nitro groups is 1. The molecule has 0 fully saturated rings. The van der Waals surface area contributed by atoms with Crippen LogP contribution in [0.2, 0.25) is 0 Å². The van der Waals surface area contributed by atoms with Crippen LogP contribution in [0.1, 0.15) is 120 Å². The molecule has 0 aliphatic carbocycles. The van der Waals surface area contributed by atoms with Gasteiger partial charge in [0.1, 0.15) is 0 Å². The number of nitrogens with zero attached hydrogens (tertiary/aromatic N) is 1. The fourth-order valence-corrected chi connectivity index (χ4v) is 4.79. The molecule has 0 heterocycles. The van der Waals surface area contributed by atoms with Crippen molar-refractivity contribution in [2.75, 3.05) is 18.1 Å². The van der Waals surface area contributed by atoms with Crippen molar-refractivity contribution in [3.05, 3.63) is 39.9 Å². The highest BCUT2D eigenvalue weighted by atomic mass is 32.2. The molecular formula is C27H46N2O3S. The number of unbranched alkanes of at least 4 members (excludes halogenated alkanes) is 15. The summed E-state index contributed by atoms with van der Waals surface area (Å²) in [7, 11) is 0. The van der Waals surface area contributed by atoms with E-state index in [4.69, 9.17) is 0 Å². The van der Waals surface area contributed by atoms with Crippen LogP contribution in [0.25, 0.3) is 0 Å². The Morgan fingerprint density at radius 1 is 0.758 bits per heavy atom. The summed E-state index contributed by atoms with van der Waals surface area (Å²) in [5, 5.41) is 13.5. The van der Waals surface area contributed by atoms with Gasteiger partial charge in [0.05, 0.1) is 4.92 Å². The van der Waals surface area contributed by atoms with Crippen LogP contribution in [-0.2, 0) is 0 Å². The van der Waals surface area contributed by atoms with Crippen molar-refractivity contribution < 1.29 is 9.72 Å². The molecule has 1 rings (SSSR count). The van der Waals surface area contributed by atoms with Crippen LogP contribution in [0.4, 0.5) is 5.69 Å². The maximum Gasteiger partial charge on any atom is 0.269 e. The van der Waals surface area contributed by atoms with E-state index < -0.39 is 4.92 Å². The Labute approximate surface area is 206 Å². The Kier molecular flexibility index (Phi) is 18.8. The van der Waals surface area contributed by atoms with Gasteiger partial charge in [-0.05, 0) is 24.3 Å². The van der Waals surface area contributed by atoms with E-state index >= 15 is 0 Å². The van der Waals surface area contributed by atoms with E-state index in [9.17, 15) is 14.9 Å². The first-order valence-corrected chi connectivity index (χ1v) is 14.4. The van der Waals surface area contributed by atoms with Crippen molar-refractivity contribution in [2.24, 2.45) is 0 Å². The summed E-state index contributed by atoms with van der Waals surface area (Å²) in [4.78, 5) is 22.2. The molecule has 0 radical (unpaired) electrons. The molecule has 0 saturated carbocycles. The lowest BCUT2D eigenvalue weighted by molar-refractivity contribution is -0.384. The summed E-state index contributed by atoms with van der Waals surface area (Å²) in [6.45, 7) is 2.90. The van der Waals surface area contributed by atoms with Crippen LogP contribution in [0.3, 0.4) is 0 Å². The first kappa shape index (κ1) is 29.5. The zero-order valence-electron chi connectivity index (χ0n) is 20.8. The molecule has 0 aliphatic heterocycles. The summed E-state index contributed by atoms with van der Waals surface area (Å²) in [5.41, 5.74) is 0.462. The van der Waals surface area contributed by atoms with E-state index in [1.807, 2.05) is 11.8 Å². The zero-order valence-corrected chi connectivity index (χ0v) is 21.6. The molecule has 0 atom stereocenters. The van der Waals surface area contributed by atoms with Gasteiger partial charge in [0.15, 0.2) is 0 Å². The van der Waals surface area contributed by atoms with E-state index in [2.05, 4.69) is 12.2 Å². The molecule has 1 amide bonds. The topological polar surface area (TPSA) is 72.2 Å². The Morgan fingerprint density at radius 2 is 1.21 bits per heavy atom. The van der Waals surface area contributed by atoms with Gasteiger partial charge in [-0.15, -0.1) is 0 Å². The normalized spacial score (nSPS) is 10.9. The highest BCUT2D eigenvalue weighted by molar-refractivity contribution is 7.99. The van der Waals surface area contributed by atoms with Gasteiger partial charge in [-0.1, -0.05) is 103 Å². The number of hydrogen-bond donors (Lipinski definition) is 1. The molecule has 1 aromatic carbocycles. The van der Waals surface area contributed by atoms with Gasteiger partial charge >= 0.3 is 0 Å². The van der Waals surface area contributed by atoms with E-state index in [-0.39, 0.29) is 11.6 Å². The van der Waals surface area contributed by atoms with Crippen molar-refractivity contribution in [1.82, 2.24) is 5.32 Å². The summed E-state index contributed by atoms with van der Waals surface area (Å²) in [5.74, 6) is 1.87. The summed E-state index contributed by atoms with van der Waals surface area (Å²) in [6, 6.07) is 5.72. The second kappa shape index (κ2) is 21.0. The van der Waals surface area contributed by atoms with Crippen LogP contribution in [-0.4, -0.2) is 28.9 Å². The maximum absolute atomic E-state index is 12.0. The molecule has 33 heavy (non-hydrogen) atoms. The van der Waals surface area contributed by atoms with Gasteiger partial charge in [0.25, 0.3) is 11.6 Å². The van der Waals surface area contributed by atoms with Crippen LogP contribution in [0, 0.1) is 10.1 Å². The standard InChI is InChI=1S/C27H46N2O3S/c1-2-3-4-5-6-7-8-9-10-11-12-13-14-15-16-17-23-33-24-22-28-27(30)25-18-20-26(21-19-25)29(31)32/h18-21H,2-17,22-24H2,1H3,(H,28,30). The number of rotatable bonds is 22. The molecule has 5 nitrogen and oxygen atoms in total. The monoisotopic (exact) mass is 478 g/mol. The van der Waals surface area contributed by atoms with Gasteiger partial charge in [-0.2, -0.15) is 11.8 Å². The van der Waals surface area contributed by atoms with E-state index in [0.717, 1.165) is 11.5 Å². The minimum atomic E-state index is -0.461. The third-order valence-corrected chi connectivity index (χ3v) is 7.08. The fraction of sp³-hybridized carbons (Fsp3) is 0.741. The maximum atomic E-state index is 12.0. The van der Waals surface area contributed by atoms with Crippen LogP contribution in [0.5, 0.6) is 0 Å². The molecule has 0 spiro atoms. The summed E-state index contributed by atoms with van der Waals surface area (Å²) >= 11 is 1.88. The van der Waals surface area contributed by atoms with Crippen molar-refractivity contribution >= 4 is 23.4 Å². The largest absolute Gasteiger partial charge is 0.351 e. The lowest BCUT2D eigenvalue weighted by Gasteiger charge is -2.06. The predicted molar refractivity (Wildman–Crippen MR) is 142 cm³/mol. The van der Waals surface area contributed by atoms with Crippen molar-refractivity contribution in [1.29, 1.82) is 0 Å². The quantitative estimate of drug-likeness (QED) is 0.103. The Morgan fingerprint density at radius 3 is 1.67 bits per heavy atom. The van der Waals surface area contributed by atoms with Crippen LogP contribution < -0.4 is 5.32 Å². The molecule has 1 aromatic rings. The van der Waals surface area contributed by atoms with Crippen LogP contribution >= 0.6 is 11.8 Å². The lowest BCUT2D eigenvalue weighted by atomic mass is 10.0. The molecule has 0 aromatic heterocycles. The van der Waals surface area contributed by atoms with Gasteiger partial charge in [-0.3, -0.25) is 14.9 Å². The minimum Gasteiger partial charge on any atom is -0.351 e. The molecule has 0 bridgehead atoms. The number of thioether (sulfide) groups is 1. The number of hydrogen-bond acceptors (Lipinski definition) is 4. The Bertz CT molecular complexity index is 622. The number of carbonyl (C=O) groups is 1. The highest BCUT2D eigenvalue weighted by Crippen LogP contribution is 2.15. The van der Waals surface area contributed by atoms with Crippen LogP contribution in [0.15, 0.2) is 24.3 Å². The molecule has 1 N–H and O–H groups in total. The average Bonchev–Trinajstić information content (AvgIpc) is 2.82. The van der Waals surface area contributed by atoms with E-state index in [1.165, 1.54) is 127 Å². The van der Waals surface area contributed by atoms with Crippen molar-refractivity contribution in [2.45, 2.75) is 110 Å². The SMILES string of the molecule is CCCCCCCCCCCCCCCCCCSCCNC(=O)c1ccc([N+](=O)[O-])cc1. The number of benzene rings is 1. The second-order valence-corrected chi connectivity index (χ2v) is 10.2. The van der Waals surface area contributed by atoms with Crippen molar-refractivity contribution in [3.63, 3.8) is 0 Å². The fourth-order valence-electron chi connectivity index (χ4n) is 3.93.